The average molecular weight is 145 g/mol. The van der Waals surface area contributed by atoms with Gasteiger partial charge in [-0.2, -0.15) is 0 Å². The quantitative estimate of drug-likeness (QED) is 0.637. The van der Waals surface area contributed by atoms with Gasteiger partial charge in [-0.3, -0.25) is 0 Å². The SMILES string of the molecule is CCC[C@@H](N)CC(C)OC. The molecule has 2 heteroatoms. The van der Waals surface area contributed by atoms with E-state index in [4.69, 9.17) is 10.5 Å². The van der Waals surface area contributed by atoms with Crippen LogP contribution >= 0.6 is 0 Å². The number of hydrogen-bond donors (Lipinski definition) is 1. The second kappa shape index (κ2) is 5.69. The molecule has 0 aromatic heterocycles. The third kappa shape index (κ3) is 4.77. The maximum Gasteiger partial charge on any atom is 0.0558 e. The lowest BCUT2D eigenvalue weighted by atomic mass is 10.1. The highest BCUT2D eigenvalue weighted by Gasteiger charge is 2.05. The molecule has 0 aromatic carbocycles. The van der Waals surface area contributed by atoms with Crippen molar-refractivity contribution in [3.8, 4) is 0 Å². The highest BCUT2D eigenvalue weighted by molar-refractivity contribution is 4.64. The van der Waals surface area contributed by atoms with Gasteiger partial charge in [0, 0.05) is 13.2 Å². The minimum atomic E-state index is 0.307. The van der Waals surface area contributed by atoms with Crippen molar-refractivity contribution in [2.75, 3.05) is 7.11 Å². The van der Waals surface area contributed by atoms with Crippen LogP contribution < -0.4 is 5.73 Å². The Bertz CT molecular complexity index is 75.7. The van der Waals surface area contributed by atoms with Gasteiger partial charge in [0.15, 0.2) is 0 Å². The molecule has 0 aliphatic carbocycles. The van der Waals surface area contributed by atoms with Gasteiger partial charge in [-0.1, -0.05) is 13.3 Å². The molecule has 1 unspecified atom stereocenters. The van der Waals surface area contributed by atoms with E-state index < -0.39 is 0 Å². The zero-order valence-electron chi connectivity index (χ0n) is 7.26. The van der Waals surface area contributed by atoms with Crippen LogP contribution in [0.5, 0.6) is 0 Å². The molecule has 0 saturated carbocycles. The molecule has 0 saturated heterocycles. The first-order valence-corrected chi connectivity index (χ1v) is 3.99. The van der Waals surface area contributed by atoms with Crippen LogP contribution in [0.3, 0.4) is 0 Å². The molecule has 0 bridgehead atoms. The number of hydrogen-bond acceptors (Lipinski definition) is 2. The minimum Gasteiger partial charge on any atom is -0.382 e. The van der Waals surface area contributed by atoms with E-state index in [2.05, 4.69) is 13.8 Å². The molecule has 10 heavy (non-hydrogen) atoms. The van der Waals surface area contributed by atoms with Crippen LogP contribution in [0, 0.1) is 0 Å². The lowest BCUT2D eigenvalue weighted by molar-refractivity contribution is 0.104. The smallest absolute Gasteiger partial charge is 0.0558 e. The van der Waals surface area contributed by atoms with E-state index >= 15 is 0 Å². The molecule has 0 amide bonds. The largest absolute Gasteiger partial charge is 0.382 e. The molecule has 0 aromatic rings. The molecule has 0 spiro atoms. The van der Waals surface area contributed by atoms with Crippen molar-refractivity contribution < 1.29 is 4.74 Å². The van der Waals surface area contributed by atoms with Crippen molar-refractivity contribution in [3.05, 3.63) is 0 Å². The highest BCUT2D eigenvalue weighted by Crippen LogP contribution is 2.03. The van der Waals surface area contributed by atoms with Crippen LogP contribution in [0.2, 0.25) is 0 Å². The summed E-state index contributed by atoms with van der Waals surface area (Å²) in [6.45, 7) is 4.20. The van der Waals surface area contributed by atoms with Crippen LogP contribution in [-0.2, 0) is 4.74 Å². The maximum absolute atomic E-state index is 5.78. The minimum absolute atomic E-state index is 0.307. The molecule has 0 heterocycles. The number of ether oxygens (including phenoxy) is 1. The van der Waals surface area contributed by atoms with Crippen molar-refractivity contribution in [2.45, 2.75) is 45.3 Å². The predicted octanol–water partition coefficient (Wildman–Crippen LogP) is 1.54. The molecule has 0 fully saturated rings. The monoisotopic (exact) mass is 145 g/mol. The summed E-state index contributed by atoms with van der Waals surface area (Å²) in [6, 6.07) is 0.319. The number of nitrogens with two attached hydrogens (primary N) is 1. The van der Waals surface area contributed by atoms with Crippen LogP contribution in [0.25, 0.3) is 0 Å². The van der Waals surface area contributed by atoms with Gasteiger partial charge in [0.25, 0.3) is 0 Å². The summed E-state index contributed by atoms with van der Waals surface area (Å²) in [5, 5.41) is 0. The molecule has 2 N–H and O–H groups in total. The fourth-order valence-electron chi connectivity index (χ4n) is 1.01. The summed E-state index contributed by atoms with van der Waals surface area (Å²) in [5.74, 6) is 0. The van der Waals surface area contributed by atoms with E-state index in [-0.39, 0.29) is 0 Å². The molecular formula is C8H19NO. The molecule has 0 aliphatic heterocycles. The Morgan fingerprint density at radius 1 is 1.50 bits per heavy atom. The van der Waals surface area contributed by atoms with E-state index in [0.717, 1.165) is 19.3 Å². The Morgan fingerprint density at radius 3 is 2.50 bits per heavy atom. The Kier molecular flexibility index (Phi) is 5.64. The topological polar surface area (TPSA) is 35.2 Å². The third-order valence-corrected chi connectivity index (χ3v) is 1.70. The van der Waals surface area contributed by atoms with Crippen LogP contribution in [0.1, 0.15) is 33.1 Å². The van der Waals surface area contributed by atoms with E-state index in [0.29, 0.717) is 12.1 Å². The van der Waals surface area contributed by atoms with Gasteiger partial charge < -0.3 is 10.5 Å². The number of methoxy groups -OCH3 is 1. The van der Waals surface area contributed by atoms with E-state index in [1.807, 2.05) is 0 Å². The highest BCUT2D eigenvalue weighted by atomic mass is 16.5. The third-order valence-electron chi connectivity index (χ3n) is 1.70. The zero-order chi connectivity index (χ0) is 7.98. The summed E-state index contributed by atoms with van der Waals surface area (Å²) >= 11 is 0. The Hall–Kier alpha value is -0.0800. The standard InChI is InChI=1S/C8H19NO/c1-4-5-8(9)6-7(2)10-3/h7-8H,4-6,9H2,1-3H3/t7?,8-/m1/s1. The fraction of sp³-hybridized carbons (Fsp3) is 1.00. The van der Waals surface area contributed by atoms with Crippen molar-refractivity contribution in [1.29, 1.82) is 0 Å². The molecule has 0 radical (unpaired) electrons. The molecule has 0 rings (SSSR count). The molecule has 62 valence electrons. The Labute approximate surface area is 63.7 Å². The zero-order valence-corrected chi connectivity index (χ0v) is 7.26. The molecule has 2 nitrogen and oxygen atoms in total. The van der Waals surface area contributed by atoms with Crippen molar-refractivity contribution in [1.82, 2.24) is 0 Å². The first-order valence-electron chi connectivity index (χ1n) is 3.99. The fourth-order valence-corrected chi connectivity index (χ4v) is 1.01. The Morgan fingerprint density at radius 2 is 2.10 bits per heavy atom. The molecule has 0 aliphatic rings. The van der Waals surface area contributed by atoms with E-state index in [9.17, 15) is 0 Å². The second-order valence-electron chi connectivity index (χ2n) is 2.83. The van der Waals surface area contributed by atoms with Crippen LogP contribution in [0.4, 0.5) is 0 Å². The van der Waals surface area contributed by atoms with Gasteiger partial charge in [0.1, 0.15) is 0 Å². The van der Waals surface area contributed by atoms with E-state index in [1.165, 1.54) is 0 Å². The van der Waals surface area contributed by atoms with Gasteiger partial charge in [-0.05, 0) is 19.8 Å². The van der Waals surface area contributed by atoms with Crippen molar-refractivity contribution >= 4 is 0 Å². The molecular weight excluding hydrogens is 126 g/mol. The van der Waals surface area contributed by atoms with Crippen LogP contribution in [-0.4, -0.2) is 19.3 Å². The lowest BCUT2D eigenvalue weighted by Crippen LogP contribution is -2.25. The summed E-state index contributed by atoms with van der Waals surface area (Å²) in [7, 11) is 1.73. The van der Waals surface area contributed by atoms with Crippen molar-refractivity contribution in [3.63, 3.8) is 0 Å². The van der Waals surface area contributed by atoms with Gasteiger partial charge in [0.05, 0.1) is 6.10 Å². The summed E-state index contributed by atoms with van der Waals surface area (Å²) in [5.41, 5.74) is 5.78. The Balaban J connectivity index is 3.27. The van der Waals surface area contributed by atoms with Crippen LogP contribution in [0.15, 0.2) is 0 Å². The van der Waals surface area contributed by atoms with Gasteiger partial charge >= 0.3 is 0 Å². The van der Waals surface area contributed by atoms with E-state index in [1.54, 1.807) is 7.11 Å². The first-order chi connectivity index (χ1) is 4.70. The lowest BCUT2D eigenvalue weighted by Gasteiger charge is -2.14. The number of rotatable bonds is 5. The average Bonchev–Trinajstić information content (AvgIpc) is 1.88. The predicted molar refractivity (Wildman–Crippen MR) is 44.0 cm³/mol. The van der Waals surface area contributed by atoms with Gasteiger partial charge in [-0.25, -0.2) is 0 Å². The summed E-state index contributed by atoms with van der Waals surface area (Å²) in [6.07, 6.45) is 3.55. The first kappa shape index (κ1) is 9.92. The molecule has 2 atom stereocenters. The summed E-state index contributed by atoms with van der Waals surface area (Å²) in [4.78, 5) is 0. The normalized spacial score (nSPS) is 16.8. The summed E-state index contributed by atoms with van der Waals surface area (Å²) < 4.78 is 5.09. The maximum atomic E-state index is 5.78. The van der Waals surface area contributed by atoms with Gasteiger partial charge in [-0.15, -0.1) is 0 Å². The van der Waals surface area contributed by atoms with Crippen molar-refractivity contribution in [2.24, 2.45) is 5.73 Å². The van der Waals surface area contributed by atoms with Gasteiger partial charge in [0.2, 0.25) is 0 Å². The second-order valence-corrected chi connectivity index (χ2v) is 2.83.